The van der Waals surface area contributed by atoms with E-state index in [4.69, 9.17) is 9.47 Å². The average Bonchev–Trinajstić information content (AvgIpc) is 3.27. The first-order chi connectivity index (χ1) is 17.4. The van der Waals surface area contributed by atoms with Gasteiger partial charge in [-0.25, -0.2) is 0 Å². The molecule has 10 heteroatoms. The van der Waals surface area contributed by atoms with Crippen LogP contribution in [-0.4, -0.2) is 44.7 Å². The highest BCUT2D eigenvalue weighted by Gasteiger charge is 2.21. The van der Waals surface area contributed by atoms with Gasteiger partial charge in [-0.2, -0.15) is 0 Å². The number of fused-ring (bicyclic) bond motifs is 1. The maximum Gasteiger partial charge on any atom is 0.234 e. The number of phenolic OH excluding ortho intramolecular Hbond substituents is 1. The molecule has 1 aromatic heterocycles. The Morgan fingerprint density at radius 2 is 1.86 bits per heavy atom. The van der Waals surface area contributed by atoms with Gasteiger partial charge in [0.1, 0.15) is 19.0 Å². The van der Waals surface area contributed by atoms with Crippen LogP contribution in [0.1, 0.15) is 11.1 Å². The van der Waals surface area contributed by atoms with Gasteiger partial charge >= 0.3 is 0 Å². The molecule has 0 fully saturated rings. The number of nitrogens with zero attached hydrogens (tertiary/aromatic N) is 3. The number of hydrogen-bond donors (Lipinski definition) is 2. The molecule has 0 bridgehead atoms. The molecule has 1 aliphatic heterocycles. The molecule has 2 heterocycles. The van der Waals surface area contributed by atoms with Gasteiger partial charge in [-0.15, -0.1) is 10.2 Å². The molecule has 184 valence electrons. The first kappa shape index (κ1) is 24.2. The van der Waals surface area contributed by atoms with Crippen molar-refractivity contribution in [3.8, 4) is 34.3 Å². The minimum absolute atomic E-state index is 0.0875. The highest BCUT2D eigenvalue weighted by molar-refractivity contribution is 9.10. The second-order valence-electron chi connectivity index (χ2n) is 8.29. The van der Waals surface area contributed by atoms with Crippen molar-refractivity contribution in [1.29, 1.82) is 0 Å². The molecule has 1 amide bonds. The average molecular weight is 567 g/mol. The topological polar surface area (TPSA) is 98.5 Å². The number of benzene rings is 3. The summed E-state index contributed by atoms with van der Waals surface area (Å²) in [7, 11) is 0. The van der Waals surface area contributed by atoms with Crippen LogP contribution in [0.5, 0.6) is 17.2 Å². The standard InChI is InChI=1S/C26H23BrN4O4S/c1-15-3-6-20(16(2)11-15)31-25(19-12-17(27)4-7-21(19)32)29-30-26(31)36-14-24(33)28-18-5-8-22-23(13-18)35-10-9-34-22/h3-8,11-13,32H,9-10,14H2,1-2H3,(H,28,33). The third kappa shape index (κ3) is 5.05. The third-order valence-electron chi connectivity index (χ3n) is 5.58. The van der Waals surface area contributed by atoms with E-state index in [1.54, 1.807) is 36.4 Å². The predicted octanol–water partition coefficient (Wildman–Crippen LogP) is 5.52. The van der Waals surface area contributed by atoms with Crippen molar-refractivity contribution < 1.29 is 19.4 Å². The first-order valence-corrected chi connectivity index (χ1v) is 13.0. The van der Waals surface area contributed by atoms with Gasteiger partial charge in [0.25, 0.3) is 0 Å². The Kier molecular flexibility index (Phi) is 6.88. The minimum Gasteiger partial charge on any atom is -0.507 e. The zero-order chi connectivity index (χ0) is 25.2. The van der Waals surface area contributed by atoms with Crippen molar-refractivity contribution in [2.75, 3.05) is 24.3 Å². The molecule has 2 N–H and O–H groups in total. The zero-order valence-electron chi connectivity index (χ0n) is 19.6. The minimum atomic E-state index is -0.196. The molecule has 3 aromatic carbocycles. The first-order valence-electron chi connectivity index (χ1n) is 11.2. The molecule has 0 saturated heterocycles. The Labute approximate surface area is 220 Å². The van der Waals surface area contributed by atoms with Crippen LogP contribution < -0.4 is 14.8 Å². The van der Waals surface area contributed by atoms with Crippen molar-refractivity contribution in [2.45, 2.75) is 19.0 Å². The van der Waals surface area contributed by atoms with Crippen molar-refractivity contribution in [1.82, 2.24) is 14.8 Å². The summed E-state index contributed by atoms with van der Waals surface area (Å²) in [5, 5.41) is 22.7. The van der Waals surface area contributed by atoms with E-state index in [9.17, 15) is 9.90 Å². The number of halogens is 1. The van der Waals surface area contributed by atoms with Gasteiger partial charge in [0.05, 0.1) is 17.0 Å². The van der Waals surface area contributed by atoms with Crippen molar-refractivity contribution in [3.05, 3.63) is 70.2 Å². The summed E-state index contributed by atoms with van der Waals surface area (Å²) in [6.07, 6.45) is 0. The molecular weight excluding hydrogens is 544 g/mol. The van der Waals surface area contributed by atoms with E-state index in [1.165, 1.54) is 11.8 Å². The van der Waals surface area contributed by atoms with Crippen LogP contribution in [0, 0.1) is 13.8 Å². The lowest BCUT2D eigenvalue weighted by molar-refractivity contribution is -0.113. The third-order valence-corrected chi connectivity index (χ3v) is 7.01. The number of carbonyl (C=O) groups is 1. The lowest BCUT2D eigenvalue weighted by atomic mass is 10.1. The number of ether oxygens (including phenoxy) is 2. The molecular formula is C26H23BrN4O4S. The number of carbonyl (C=O) groups excluding carboxylic acids is 1. The normalized spacial score (nSPS) is 12.4. The summed E-state index contributed by atoms with van der Waals surface area (Å²) in [5.41, 5.74) is 4.18. The van der Waals surface area contributed by atoms with Crippen LogP contribution in [0.3, 0.4) is 0 Å². The van der Waals surface area contributed by atoms with E-state index in [0.29, 0.717) is 46.9 Å². The van der Waals surface area contributed by atoms with Crippen molar-refractivity contribution in [3.63, 3.8) is 0 Å². The predicted molar refractivity (Wildman–Crippen MR) is 142 cm³/mol. The molecule has 0 aliphatic carbocycles. The van der Waals surface area contributed by atoms with Gasteiger partial charge < -0.3 is 19.9 Å². The summed E-state index contributed by atoms with van der Waals surface area (Å²) in [6.45, 7) is 5.03. The number of aromatic hydroxyl groups is 1. The summed E-state index contributed by atoms with van der Waals surface area (Å²) in [4.78, 5) is 12.8. The lowest BCUT2D eigenvalue weighted by Crippen LogP contribution is -2.17. The fourth-order valence-electron chi connectivity index (χ4n) is 3.95. The van der Waals surface area contributed by atoms with Crippen molar-refractivity contribution in [2.24, 2.45) is 0 Å². The SMILES string of the molecule is Cc1ccc(-n2c(SCC(=O)Nc3ccc4c(c3)OCCO4)nnc2-c2cc(Br)ccc2O)c(C)c1. The molecule has 0 atom stereocenters. The molecule has 4 aromatic rings. The van der Waals surface area contributed by atoms with Gasteiger partial charge in [0.15, 0.2) is 22.5 Å². The van der Waals surface area contributed by atoms with Gasteiger partial charge in [-0.05, 0) is 55.8 Å². The molecule has 0 radical (unpaired) electrons. The molecule has 36 heavy (non-hydrogen) atoms. The quantitative estimate of drug-likeness (QED) is 0.296. The Hall–Kier alpha value is -3.50. The number of rotatable bonds is 6. The lowest BCUT2D eigenvalue weighted by Gasteiger charge is -2.19. The number of thioether (sulfide) groups is 1. The van der Waals surface area contributed by atoms with E-state index in [1.807, 2.05) is 30.5 Å². The number of nitrogens with one attached hydrogen (secondary N) is 1. The number of hydrogen-bond acceptors (Lipinski definition) is 7. The van der Waals surface area contributed by atoms with Gasteiger partial charge in [0, 0.05) is 16.2 Å². The highest BCUT2D eigenvalue weighted by atomic mass is 79.9. The van der Waals surface area contributed by atoms with Gasteiger partial charge in [0.2, 0.25) is 5.91 Å². The highest BCUT2D eigenvalue weighted by Crippen LogP contribution is 2.36. The maximum atomic E-state index is 12.8. The summed E-state index contributed by atoms with van der Waals surface area (Å²) < 4.78 is 13.8. The van der Waals surface area contributed by atoms with E-state index in [-0.39, 0.29) is 17.4 Å². The second-order valence-corrected chi connectivity index (χ2v) is 10.1. The van der Waals surface area contributed by atoms with E-state index >= 15 is 0 Å². The fraction of sp³-hybridized carbons (Fsp3) is 0.192. The van der Waals surface area contributed by atoms with Crippen LogP contribution in [0.2, 0.25) is 0 Å². The number of phenols is 1. The molecule has 8 nitrogen and oxygen atoms in total. The Bertz CT molecular complexity index is 1460. The Morgan fingerprint density at radius 1 is 1.06 bits per heavy atom. The Morgan fingerprint density at radius 3 is 2.67 bits per heavy atom. The largest absolute Gasteiger partial charge is 0.507 e. The molecule has 0 spiro atoms. The van der Waals surface area contributed by atoms with Crippen molar-refractivity contribution >= 4 is 39.3 Å². The van der Waals surface area contributed by atoms with E-state index in [2.05, 4.69) is 37.5 Å². The van der Waals surface area contributed by atoms with Gasteiger partial charge in [-0.1, -0.05) is 45.4 Å². The smallest absolute Gasteiger partial charge is 0.234 e. The monoisotopic (exact) mass is 566 g/mol. The fourth-order valence-corrected chi connectivity index (χ4v) is 5.05. The number of anilines is 1. The summed E-state index contributed by atoms with van der Waals surface area (Å²) in [6, 6.07) is 16.5. The molecule has 5 rings (SSSR count). The maximum absolute atomic E-state index is 12.8. The summed E-state index contributed by atoms with van der Waals surface area (Å²) >= 11 is 4.73. The number of amides is 1. The molecule has 0 unspecified atom stereocenters. The van der Waals surface area contributed by atoms with Crippen LogP contribution in [0.15, 0.2) is 64.2 Å². The summed E-state index contributed by atoms with van der Waals surface area (Å²) in [5.74, 6) is 1.76. The van der Waals surface area contributed by atoms with Gasteiger partial charge in [-0.3, -0.25) is 9.36 Å². The van der Waals surface area contributed by atoms with Crippen LogP contribution in [0.4, 0.5) is 5.69 Å². The second kappa shape index (κ2) is 10.2. The molecule has 1 aliphatic rings. The number of aryl methyl sites for hydroxylation is 2. The van der Waals surface area contributed by atoms with Crippen LogP contribution in [-0.2, 0) is 4.79 Å². The Balaban J connectivity index is 1.42. The van der Waals surface area contributed by atoms with E-state index in [0.717, 1.165) is 21.3 Å². The van der Waals surface area contributed by atoms with Crippen LogP contribution in [0.25, 0.3) is 17.1 Å². The van der Waals surface area contributed by atoms with E-state index < -0.39 is 0 Å². The zero-order valence-corrected chi connectivity index (χ0v) is 22.0. The number of aromatic nitrogens is 3. The molecule has 0 saturated carbocycles. The van der Waals surface area contributed by atoms with Crippen LogP contribution >= 0.6 is 27.7 Å².